The van der Waals surface area contributed by atoms with Crippen LogP contribution in [0.2, 0.25) is 0 Å². The van der Waals surface area contributed by atoms with Crippen molar-refractivity contribution in [2.75, 3.05) is 39.8 Å². The predicted octanol–water partition coefficient (Wildman–Crippen LogP) is -0.0468. The molecule has 0 aliphatic carbocycles. The lowest BCUT2D eigenvalue weighted by Crippen LogP contribution is -3.15. The van der Waals surface area contributed by atoms with Gasteiger partial charge in [-0.05, 0) is 44.9 Å². The Hall–Kier alpha value is -1.95. The summed E-state index contributed by atoms with van der Waals surface area (Å²) in [4.78, 5) is 15.3. The standard InChI is InChI=1S/C19H28N4O3S/c1-15-6-7-16(2)17(12-15)27(25,26)23-10-8-22(9-11-23)13-18(24)21(5)19(3,4)14-20/h6-7,12H,8-11,13H2,1-5H3/p+1. The number of quaternary nitrogens is 1. The molecular weight excluding hydrogens is 364 g/mol. The zero-order valence-electron chi connectivity index (χ0n) is 16.7. The van der Waals surface area contributed by atoms with E-state index in [1.807, 2.05) is 19.1 Å². The lowest BCUT2D eigenvalue weighted by Gasteiger charge is -2.34. The molecule has 0 radical (unpaired) electrons. The zero-order valence-corrected chi connectivity index (χ0v) is 17.6. The molecule has 1 aliphatic heterocycles. The number of hydrogen-bond acceptors (Lipinski definition) is 4. The van der Waals surface area contributed by atoms with Gasteiger partial charge in [0.25, 0.3) is 5.91 Å². The number of piperazine rings is 1. The second-order valence-corrected chi connectivity index (χ2v) is 9.63. The molecule has 1 aliphatic rings. The third-order valence-corrected chi connectivity index (χ3v) is 7.32. The Kier molecular flexibility index (Phi) is 6.30. The van der Waals surface area contributed by atoms with Crippen LogP contribution >= 0.6 is 0 Å². The predicted molar refractivity (Wildman–Crippen MR) is 103 cm³/mol. The highest BCUT2D eigenvalue weighted by atomic mass is 32.2. The van der Waals surface area contributed by atoms with Gasteiger partial charge in [-0.25, -0.2) is 8.42 Å². The average molecular weight is 394 g/mol. The topological polar surface area (TPSA) is 85.9 Å². The van der Waals surface area contributed by atoms with Crippen molar-refractivity contribution in [1.29, 1.82) is 5.26 Å². The maximum absolute atomic E-state index is 13.0. The van der Waals surface area contributed by atoms with Crippen molar-refractivity contribution >= 4 is 15.9 Å². The van der Waals surface area contributed by atoms with E-state index in [2.05, 4.69) is 6.07 Å². The van der Waals surface area contributed by atoms with Gasteiger partial charge >= 0.3 is 0 Å². The van der Waals surface area contributed by atoms with Crippen molar-refractivity contribution in [3.05, 3.63) is 29.3 Å². The van der Waals surface area contributed by atoms with E-state index in [1.165, 1.54) is 9.21 Å². The normalized spacial score (nSPS) is 16.7. The second-order valence-electron chi connectivity index (χ2n) is 7.72. The molecule has 0 bridgehead atoms. The number of aryl methyl sites for hydroxylation is 2. The maximum Gasteiger partial charge on any atom is 0.278 e. The quantitative estimate of drug-likeness (QED) is 0.760. The zero-order chi connectivity index (χ0) is 20.4. The molecule has 0 atom stereocenters. The van der Waals surface area contributed by atoms with Gasteiger partial charge in [-0.3, -0.25) is 4.79 Å². The van der Waals surface area contributed by atoms with Crippen molar-refractivity contribution < 1.29 is 18.1 Å². The Morgan fingerprint density at radius 2 is 1.89 bits per heavy atom. The Morgan fingerprint density at radius 1 is 1.30 bits per heavy atom. The van der Waals surface area contributed by atoms with E-state index in [4.69, 9.17) is 5.26 Å². The fraction of sp³-hybridized carbons (Fsp3) is 0.579. The van der Waals surface area contributed by atoms with Crippen LogP contribution in [0.25, 0.3) is 0 Å². The maximum atomic E-state index is 13.0. The summed E-state index contributed by atoms with van der Waals surface area (Å²) < 4.78 is 27.5. The van der Waals surface area contributed by atoms with Gasteiger partial charge < -0.3 is 9.80 Å². The molecule has 148 valence electrons. The average Bonchev–Trinajstić information content (AvgIpc) is 2.63. The summed E-state index contributed by atoms with van der Waals surface area (Å²) in [6, 6.07) is 7.57. The van der Waals surface area contributed by atoms with E-state index in [-0.39, 0.29) is 12.5 Å². The Labute approximate surface area is 162 Å². The number of rotatable bonds is 5. The minimum Gasteiger partial charge on any atom is -0.325 e. The summed E-state index contributed by atoms with van der Waals surface area (Å²) in [5, 5.41) is 9.17. The minimum absolute atomic E-state index is 0.109. The van der Waals surface area contributed by atoms with Crippen LogP contribution in [0.5, 0.6) is 0 Å². The molecule has 2 rings (SSSR count). The fourth-order valence-corrected chi connectivity index (χ4v) is 4.81. The van der Waals surface area contributed by atoms with Crippen molar-refractivity contribution in [2.45, 2.75) is 38.1 Å². The van der Waals surface area contributed by atoms with Crippen LogP contribution in [0.1, 0.15) is 25.0 Å². The highest BCUT2D eigenvalue weighted by Crippen LogP contribution is 2.21. The number of nitrogens with one attached hydrogen (secondary N) is 1. The molecule has 0 unspecified atom stereocenters. The first kappa shape index (κ1) is 21.4. The summed E-state index contributed by atoms with van der Waals surface area (Å²) in [7, 11) is -1.90. The lowest BCUT2D eigenvalue weighted by atomic mass is 10.1. The number of sulfonamides is 1. The molecule has 1 fully saturated rings. The number of carbonyl (C=O) groups excluding carboxylic acids is 1. The first-order valence-electron chi connectivity index (χ1n) is 9.08. The van der Waals surface area contributed by atoms with Crippen molar-refractivity contribution in [2.24, 2.45) is 0 Å². The van der Waals surface area contributed by atoms with Gasteiger partial charge in [-0.1, -0.05) is 12.1 Å². The molecule has 1 aromatic carbocycles. The second kappa shape index (κ2) is 7.97. The largest absolute Gasteiger partial charge is 0.325 e. The number of benzene rings is 1. The summed E-state index contributed by atoms with van der Waals surface area (Å²) in [6.07, 6.45) is 0. The lowest BCUT2D eigenvalue weighted by molar-refractivity contribution is -0.896. The number of amides is 1. The van der Waals surface area contributed by atoms with Gasteiger partial charge in [0.15, 0.2) is 6.54 Å². The summed E-state index contributed by atoms with van der Waals surface area (Å²) in [5.41, 5.74) is 0.799. The van der Waals surface area contributed by atoms with E-state index < -0.39 is 15.6 Å². The minimum atomic E-state index is -3.53. The van der Waals surface area contributed by atoms with Gasteiger partial charge in [0, 0.05) is 7.05 Å². The molecular formula is C19H29N4O3S+. The van der Waals surface area contributed by atoms with Gasteiger partial charge in [-0.2, -0.15) is 9.57 Å². The number of nitriles is 1. The molecule has 27 heavy (non-hydrogen) atoms. The van der Waals surface area contributed by atoms with Crippen LogP contribution in [-0.2, 0) is 14.8 Å². The summed E-state index contributed by atoms with van der Waals surface area (Å²) in [6.45, 7) is 9.24. The smallest absolute Gasteiger partial charge is 0.278 e. The number of hydrogen-bond donors (Lipinski definition) is 1. The van der Waals surface area contributed by atoms with Gasteiger partial charge in [-0.15, -0.1) is 0 Å². The van der Waals surface area contributed by atoms with Crippen molar-refractivity contribution in [1.82, 2.24) is 9.21 Å². The van der Waals surface area contributed by atoms with Crippen molar-refractivity contribution in [3.8, 4) is 6.07 Å². The molecule has 1 aromatic rings. The van der Waals surface area contributed by atoms with Crippen LogP contribution in [0.15, 0.2) is 23.1 Å². The van der Waals surface area contributed by atoms with Crippen molar-refractivity contribution in [3.63, 3.8) is 0 Å². The van der Waals surface area contributed by atoms with E-state index in [0.717, 1.165) is 16.0 Å². The summed E-state index contributed by atoms with van der Waals surface area (Å²) in [5.74, 6) is -0.109. The van der Waals surface area contributed by atoms with E-state index in [0.29, 0.717) is 31.1 Å². The summed E-state index contributed by atoms with van der Waals surface area (Å²) >= 11 is 0. The molecule has 1 N–H and O–H groups in total. The molecule has 7 nitrogen and oxygen atoms in total. The van der Waals surface area contributed by atoms with E-state index in [9.17, 15) is 13.2 Å². The fourth-order valence-electron chi connectivity index (χ4n) is 3.06. The highest BCUT2D eigenvalue weighted by molar-refractivity contribution is 7.89. The Balaban J connectivity index is 2.02. The van der Waals surface area contributed by atoms with Gasteiger partial charge in [0.2, 0.25) is 10.0 Å². The third-order valence-electron chi connectivity index (χ3n) is 5.28. The highest BCUT2D eigenvalue weighted by Gasteiger charge is 2.34. The molecule has 0 saturated carbocycles. The Morgan fingerprint density at radius 3 is 2.44 bits per heavy atom. The van der Waals surface area contributed by atoms with Crippen LogP contribution in [0.3, 0.4) is 0 Å². The van der Waals surface area contributed by atoms with Crippen LogP contribution < -0.4 is 4.90 Å². The van der Waals surface area contributed by atoms with Crippen LogP contribution in [0, 0.1) is 25.2 Å². The molecule has 1 saturated heterocycles. The SMILES string of the molecule is Cc1ccc(C)c(S(=O)(=O)N2CC[NH+](CC(=O)N(C)C(C)(C)C#N)CC2)c1. The third kappa shape index (κ3) is 4.67. The number of likely N-dealkylation sites (N-methyl/N-ethyl adjacent to an activating group) is 1. The number of carbonyl (C=O) groups is 1. The molecule has 1 amide bonds. The molecule has 8 heteroatoms. The first-order valence-corrected chi connectivity index (χ1v) is 10.5. The number of nitrogens with zero attached hydrogens (tertiary/aromatic N) is 3. The van der Waals surface area contributed by atoms with Gasteiger partial charge in [0.1, 0.15) is 5.54 Å². The molecule has 1 heterocycles. The van der Waals surface area contributed by atoms with E-state index in [1.54, 1.807) is 33.9 Å². The molecule has 0 spiro atoms. The van der Waals surface area contributed by atoms with Crippen LogP contribution in [0.4, 0.5) is 0 Å². The van der Waals surface area contributed by atoms with Gasteiger partial charge in [0.05, 0.1) is 37.1 Å². The monoisotopic (exact) mass is 393 g/mol. The van der Waals surface area contributed by atoms with Crippen LogP contribution in [-0.4, -0.2) is 68.8 Å². The van der Waals surface area contributed by atoms with E-state index >= 15 is 0 Å². The Bertz CT molecular complexity index is 850. The first-order chi connectivity index (χ1) is 12.5. The molecule has 0 aromatic heterocycles.